The standard InChI is InChI=1S/C34H48ClFN4O4/c1-7-25(8-2)22-40(24(3)41)23-31(28-11-9-10-12-29(28)36)38-17-19-39(20-18-38)32(42)30(37-33(43)44-34(4,5)6)21-26-13-15-27(35)16-14-26/h9-16,25,30-31H,7-8,17-23H2,1-6H3,(H,37,43)/t30-,31?/m1/s1. The van der Waals surface area contributed by atoms with Gasteiger partial charge in [0.15, 0.2) is 0 Å². The van der Waals surface area contributed by atoms with Crippen molar-refractivity contribution in [1.82, 2.24) is 20.0 Å². The van der Waals surface area contributed by atoms with Crippen LogP contribution in [0.1, 0.15) is 71.6 Å². The minimum atomic E-state index is -0.840. The summed E-state index contributed by atoms with van der Waals surface area (Å²) < 4.78 is 20.6. The van der Waals surface area contributed by atoms with Gasteiger partial charge in [0.2, 0.25) is 11.8 Å². The largest absolute Gasteiger partial charge is 0.444 e. The summed E-state index contributed by atoms with van der Waals surface area (Å²) >= 11 is 6.06. The molecule has 3 rings (SSSR count). The second kappa shape index (κ2) is 16.2. The Bertz CT molecular complexity index is 1240. The van der Waals surface area contributed by atoms with Crippen molar-refractivity contribution in [2.45, 2.75) is 78.5 Å². The normalized spacial score (nSPS) is 15.5. The first-order chi connectivity index (χ1) is 20.8. The van der Waals surface area contributed by atoms with E-state index in [0.717, 1.165) is 18.4 Å². The van der Waals surface area contributed by atoms with Gasteiger partial charge in [-0.15, -0.1) is 0 Å². The number of hydrogen-bond donors (Lipinski definition) is 1. The number of piperazine rings is 1. The van der Waals surface area contributed by atoms with Crippen LogP contribution in [0.15, 0.2) is 48.5 Å². The van der Waals surface area contributed by atoms with Crippen molar-refractivity contribution >= 4 is 29.5 Å². The Morgan fingerprint density at radius 3 is 2.14 bits per heavy atom. The molecule has 242 valence electrons. The van der Waals surface area contributed by atoms with Gasteiger partial charge >= 0.3 is 6.09 Å². The molecule has 0 spiro atoms. The maximum atomic E-state index is 15.2. The monoisotopic (exact) mass is 630 g/mol. The fourth-order valence-electron chi connectivity index (χ4n) is 5.54. The lowest BCUT2D eigenvalue weighted by molar-refractivity contribution is -0.135. The van der Waals surface area contributed by atoms with Crippen molar-refractivity contribution < 1.29 is 23.5 Å². The predicted molar refractivity (Wildman–Crippen MR) is 172 cm³/mol. The number of rotatable bonds is 12. The molecule has 8 nitrogen and oxygen atoms in total. The maximum absolute atomic E-state index is 15.2. The third-order valence-electron chi connectivity index (χ3n) is 8.15. The number of carbonyl (C=O) groups is 3. The summed E-state index contributed by atoms with van der Waals surface area (Å²) in [4.78, 5) is 45.0. The highest BCUT2D eigenvalue weighted by Gasteiger charge is 2.34. The van der Waals surface area contributed by atoms with E-state index in [0.29, 0.717) is 55.8 Å². The molecule has 0 bridgehead atoms. The van der Waals surface area contributed by atoms with E-state index in [1.165, 1.54) is 6.07 Å². The molecule has 2 atom stereocenters. The molecule has 1 heterocycles. The van der Waals surface area contributed by atoms with Crippen molar-refractivity contribution in [2.24, 2.45) is 5.92 Å². The van der Waals surface area contributed by atoms with Gasteiger partial charge < -0.3 is 19.9 Å². The van der Waals surface area contributed by atoms with E-state index >= 15 is 4.39 Å². The molecular formula is C34H48ClFN4O4. The van der Waals surface area contributed by atoms with Crippen LogP contribution in [0.2, 0.25) is 5.02 Å². The van der Waals surface area contributed by atoms with Crippen LogP contribution in [-0.4, -0.2) is 83.5 Å². The van der Waals surface area contributed by atoms with Crippen LogP contribution in [0.5, 0.6) is 0 Å². The Balaban J connectivity index is 1.79. The Kier molecular flexibility index (Phi) is 13.0. The lowest BCUT2D eigenvalue weighted by atomic mass is 9.99. The minimum Gasteiger partial charge on any atom is -0.444 e. The van der Waals surface area contributed by atoms with Crippen LogP contribution in [0, 0.1) is 11.7 Å². The Morgan fingerprint density at radius 1 is 0.977 bits per heavy atom. The summed E-state index contributed by atoms with van der Waals surface area (Å²) in [6, 6.07) is 12.7. The van der Waals surface area contributed by atoms with Gasteiger partial charge in [0.1, 0.15) is 17.5 Å². The molecule has 3 amide bonds. The van der Waals surface area contributed by atoms with Crippen LogP contribution in [-0.2, 0) is 20.7 Å². The Hall–Kier alpha value is -3.17. The van der Waals surface area contributed by atoms with Crippen LogP contribution in [0.3, 0.4) is 0 Å². The first-order valence-electron chi connectivity index (χ1n) is 15.6. The van der Waals surface area contributed by atoms with Gasteiger partial charge in [-0.3, -0.25) is 14.5 Å². The molecule has 2 aromatic carbocycles. The van der Waals surface area contributed by atoms with Crippen LogP contribution >= 0.6 is 11.6 Å². The highest BCUT2D eigenvalue weighted by molar-refractivity contribution is 6.30. The fraction of sp³-hybridized carbons (Fsp3) is 0.559. The molecule has 0 radical (unpaired) electrons. The van der Waals surface area contributed by atoms with Crippen molar-refractivity contribution in [2.75, 3.05) is 39.3 Å². The SMILES string of the molecule is CCC(CC)CN(CC(c1ccccc1F)N1CCN(C(=O)[C@@H](Cc2ccc(Cl)cc2)NC(=O)OC(C)(C)C)CC1)C(C)=O. The maximum Gasteiger partial charge on any atom is 0.408 e. The van der Waals surface area contributed by atoms with E-state index in [-0.39, 0.29) is 30.1 Å². The molecule has 10 heteroatoms. The number of alkyl carbamates (subject to hydrolysis) is 1. The fourth-order valence-corrected chi connectivity index (χ4v) is 5.66. The summed E-state index contributed by atoms with van der Waals surface area (Å²) in [6.45, 7) is 13.9. The first-order valence-corrected chi connectivity index (χ1v) is 16.0. The van der Waals surface area contributed by atoms with Crippen molar-refractivity contribution in [3.8, 4) is 0 Å². The summed E-state index contributed by atoms with van der Waals surface area (Å²) in [7, 11) is 0. The first kappa shape index (κ1) is 35.3. The number of nitrogens with zero attached hydrogens (tertiary/aromatic N) is 3. The van der Waals surface area contributed by atoms with Crippen molar-refractivity contribution in [1.29, 1.82) is 0 Å². The van der Waals surface area contributed by atoms with E-state index < -0.39 is 17.7 Å². The number of amides is 3. The summed E-state index contributed by atoms with van der Waals surface area (Å²) in [5.41, 5.74) is 0.673. The summed E-state index contributed by atoms with van der Waals surface area (Å²) in [6.07, 6.45) is 1.53. The van der Waals surface area contributed by atoms with Gasteiger partial charge in [-0.1, -0.05) is 68.6 Å². The molecule has 1 fully saturated rings. The molecule has 0 aliphatic carbocycles. The summed E-state index contributed by atoms with van der Waals surface area (Å²) in [5.74, 6) is -0.200. The number of carbonyl (C=O) groups excluding carboxylic acids is 3. The molecule has 1 saturated heterocycles. The highest BCUT2D eigenvalue weighted by Crippen LogP contribution is 2.27. The van der Waals surface area contributed by atoms with E-state index in [1.54, 1.807) is 56.9 Å². The predicted octanol–water partition coefficient (Wildman–Crippen LogP) is 6.09. The number of nitrogens with one attached hydrogen (secondary N) is 1. The zero-order valence-corrected chi connectivity index (χ0v) is 27.7. The topological polar surface area (TPSA) is 82.2 Å². The number of hydrogen-bond acceptors (Lipinski definition) is 5. The molecule has 1 aliphatic heterocycles. The van der Waals surface area contributed by atoms with Crippen molar-refractivity contribution in [3.63, 3.8) is 0 Å². The zero-order chi connectivity index (χ0) is 32.4. The number of benzene rings is 2. The molecule has 0 aromatic heterocycles. The van der Waals surface area contributed by atoms with Gasteiger partial charge in [-0.2, -0.15) is 0 Å². The molecule has 0 saturated carbocycles. The van der Waals surface area contributed by atoms with E-state index in [1.807, 2.05) is 23.1 Å². The van der Waals surface area contributed by atoms with Crippen molar-refractivity contribution in [3.05, 3.63) is 70.5 Å². The van der Waals surface area contributed by atoms with E-state index in [4.69, 9.17) is 16.3 Å². The van der Waals surface area contributed by atoms with Gasteiger partial charge in [-0.25, -0.2) is 9.18 Å². The number of halogens is 2. The summed E-state index contributed by atoms with van der Waals surface area (Å²) in [5, 5.41) is 3.36. The molecule has 1 N–H and O–H groups in total. The molecule has 44 heavy (non-hydrogen) atoms. The second-order valence-electron chi connectivity index (χ2n) is 12.5. The van der Waals surface area contributed by atoms with Gasteiger partial charge in [0, 0.05) is 63.2 Å². The van der Waals surface area contributed by atoms with Crippen LogP contribution < -0.4 is 5.32 Å². The quantitative estimate of drug-likeness (QED) is 0.307. The van der Waals surface area contributed by atoms with Crippen LogP contribution in [0.4, 0.5) is 9.18 Å². The lowest BCUT2D eigenvalue weighted by Crippen LogP contribution is -2.57. The average molecular weight is 631 g/mol. The third kappa shape index (κ3) is 10.5. The highest BCUT2D eigenvalue weighted by atomic mass is 35.5. The minimum absolute atomic E-state index is 0.0367. The lowest BCUT2D eigenvalue weighted by Gasteiger charge is -2.42. The smallest absolute Gasteiger partial charge is 0.408 e. The zero-order valence-electron chi connectivity index (χ0n) is 26.9. The van der Waals surface area contributed by atoms with Gasteiger partial charge in [0.25, 0.3) is 0 Å². The molecule has 2 aromatic rings. The van der Waals surface area contributed by atoms with E-state index in [9.17, 15) is 14.4 Å². The third-order valence-corrected chi connectivity index (χ3v) is 8.40. The Morgan fingerprint density at radius 2 is 1.59 bits per heavy atom. The molecular weight excluding hydrogens is 583 g/mol. The Labute approximate surface area is 266 Å². The van der Waals surface area contributed by atoms with Crippen LogP contribution in [0.25, 0.3) is 0 Å². The second-order valence-corrected chi connectivity index (χ2v) is 13.0. The molecule has 1 unspecified atom stereocenters. The van der Waals surface area contributed by atoms with Gasteiger partial charge in [0.05, 0.1) is 6.04 Å². The average Bonchev–Trinajstić information content (AvgIpc) is 2.97. The van der Waals surface area contributed by atoms with Gasteiger partial charge in [-0.05, 0) is 50.5 Å². The van der Waals surface area contributed by atoms with E-state index in [2.05, 4.69) is 24.1 Å². The molecule has 1 aliphatic rings. The number of ether oxygens (including phenoxy) is 1.